The van der Waals surface area contributed by atoms with Gasteiger partial charge in [0.25, 0.3) is 0 Å². The van der Waals surface area contributed by atoms with Gasteiger partial charge in [0.2, 0.25) is 5.91 Å². The third-order valence-corrected chi connectivity index (χ3v) is 6.54. The summed E-state index contributed by atoms with van der Waals surface area (Å²) >= 11 is 7.27. The molecule has 2 aromatic carbocycles. The van der Waals surface area contributed by atoms with Gasteiger partial charge in [0, 0.05) is 23.5 Å². The molecular weight excluding hydrogens is 486 g/mol. The van der Waals surface area contributed by atoms with E-state index in [-0.39, 0.29) is 24.9 Å². The van der Waals surface area contributed by atoms with E-state index in [1.54, 1.807) is 31.2 Å². The van der Waals surface area contributed by atoms with E-state index in [1.807, 2.05) is 31.2 Å². The van der Waals surface area contributed by atoms with Gasteiger partial charge in [-0.05, 0) is 43.7 Å². The summed E-state index contributed by atoms with van der Waals surface area (Å²) in [5.74, 6) is -1.34. The third kappa shape index (κ3) is 6.89. The van der Waals surface area contributed by atoms with E-state index in [2.05, 4.69) is 16.7 Å². The molecule has 0 saturated heterocycles. The number of hydrogen-bond acceptors (Lipinski definition) is 7. The highest BCUT2D eigenvalue weighted by molar-refractivity contribution is 8.03. The second-order valence-corrected chi connectivity index (χ2v) is 9.26. The fourth-order valence-electron chi connectivity index (χ4n) is 3.55. The van der Waals surface area contributed by atoms with Gasteiger partial charge in [-0.1, -0.05) is 53.2 Å². The molecule has 0 fully saturated rings. The molecule has 3 rings (SSSR count). The molecule has 35 heavy (non-hydrogen) atoms. The summed E-state index contributed by atoms with van der Waals surface area (Å²) in [4.78, 5) is 25.5. The van der Waals surface area contributed by atoms with E-state index in [1.165, 1.54) is 18.9 Å². The highest BCUT2D eigenvalue weighted by Crippen LogP contribution is 2.41. The number of thioether (sulfide) groups is 1. The van der Waals surface area contributed by atoms with Crippen molar-refractivity contribution in [1.82, 2.24) is 5.32 Å². The number of nitrogens with one attached hydrogen (secondary N) is 2. The van der Waals surface area contributed by atoms with Crippen LogP contribution in [-0.2, 0) is 19.1 Å². The number of dihydropyridines is 1. The second kappa shape index (κ2) is 12.5. The molecule has 1 heterocycles. The Morgan fingerprint density at radius 3 is 2.43 bits per heavy atom. The summed E-state index contributed by atoms with van der Waals surface area (Å²) in [6.45, 7) is 4.07. The maximum atomic E-state index is 13.0. The van der Waals surface area contributed by atoms with Crippen LogP contribution in [0.4, 0.5) is 5.69 Å². The number of esters is 1. The number of nitriles is 1. The lowest BCUT2D eigenvalue weighted by molar-refractivity contribution is -0.140. The minimum atomic E-state index is -0.670. The zero-order chi connectivity index (χ0) is 25.4. The molecule has 1 atom stereocenters. The highest BCUT2D eigenvalue weighted by Gasteiger charge is 2.35. The van der Waals surface area contributed by atoms with Crippen LogP contribution in [-0.4, -0.2) is 38.0 Å². The number of aryl methyl sites for hydroxylation is 1. The number of nitrogens with zero attached hydrogens (tertiary/aromatic N) is 1. The van der Waals surface area contributed by atoms with Crippen molar-refractivity contribution >= 4 is 40.9 Å². The number of rotatable bonds is 9. The smallest absolute Gasteiger partial charge is 0.336 e. The number of allylic oxidation sites excluding steroid dienone is 2. The quantitative estimate of drug-likeness (QED) is 0.364. The van der Waals surface area contributed by atoms with E-state index in [0.29, 0.717) is 38.1 Å². The topological polar surface area (TPSA) is 100 Å². The molecule has 0 spiro atoms. The van der Waals surface area contributed by atoms with Crippen molar-refractivity contribution < 1.29 is 19.1 Å². The average molecular weight is 512 g/mol. The SMILES string of the molecule is COCCOC(=O)C1=C(C)NC(SCC(=O)Nc2ccc(C)cc2)=C(C#N)[C@H]1c1ccc(Cl)cc1. The Balaban J connectivity index is 1.86. The van der Waals surface area contributed by atoms with Gasteiger partial charge in [0.1, 0.15) is 6.61 Å². The molecule has 1 aliphatic rings. The van der Waals surface area contributed by atoms with E-state index in [9.17, 15) is 14.9 Å². The third-order valence-electron chi connectivity index (χ3n) is 5.27. The lowest BCUT2D eigenvalue weighted by Crippen LogP contribution is -2.29. The van der Waals surface area contributed by atoms with Gasteiger partial charge in [0.05, 0.1) is 40.5 Å². The minimum Gasteiger partial charge on any atom is -0.460 e. The Morgan fingerprint density at radius 2 is 1.80 bits per heavy atom. The summed E-state index contributed by atoms with van der Waals surface area (Å²) in [7, 11) is 1.52. The van der Waals surface area contributed by atoms with Crippen LogP contribution in [0.1, 0.15) is 24.0 Å². The molecule has 182 valence electrons. The maximum absolute atomic E-state index is 13.0. The molecule has 0 aliphatic carbocycles. The van der Waals surface area contributed by atoms with Crippen LogP contribution in [0.25, 0.3) is 0 Å². The minimum absolute atomic E-state index is 0.0790. The number of ether oxygens (including phenoxy) is 2. The largest absolute Gasteiger partial charge is 0.460 e. The first kappa shape index (κ1) is 26.4. The molecule has 7 nitrogen and oxygen atoms in total. The number of amides is 1. The summed E-state index contributed by atoms with van der Waals surface area (Å²) in [5.41, 5.74) is 3.71. The number of benzene rings is 2. The number of carbonyl (C=O) groups is 2. The number of carbonyl (C=O) groups excluding carboxylic acids is 2. The van der Waals surface area contributed by atoms with E-state index < -0.39 is 11.9 Å². The van der Waals surface area contributed by atoms with Gasteiger partial charge >= 0.3 is 5.97 Å². The fraction of sp³-hybridized carbons (Fsp3) is 0.269. The van der Waals surface area contributed by atoms with E-state index >= 15 is 0 Å². The molecule has 0 unspecified atom stereocenters. The average Bonchev–Trinajstić information content (AvgIpc) is 2.84. The van der Waals surface area contributed by atoms with Crippen LogP contribution < -0.4 is 10.6 Å². The number of halogens is 1. The molecule has 0 saturated carbocycles. The van der Waals surface area contributed by atoms with Crippen LogP contribution >= 0.6 is 23.4 Å². The van der Waals surface area contributed by atoms with Gasteiger partial charge in [-0.2, -0.15) is 5.26 Å². The zero-order valence-corrected chi connectivity index (χ0v) is 21.3. The lowest BCUT2D eigenvalue weighted by atomic mass is 9.82. The van der Waals surface area contributed by atoms with Gasteiger partial charge in [-0.25, -0.2) is 4.79 Å². The Morgan fingerprint density at radius 1 is 1.11 bits per heavy atom. The molecule has 2 aromatic rings. The maximum Gasteiger partial charge on any atom is 0.336 e. The van der Waals surface area contributed by atoms with Crippen LogP contribution in [0, 0.1) is 18.3 Å². The monoisotopic (exact) mass is 511 g/mol. The van der Waals surface area contributed by atoms with Crippen LogP contribution in [0.15, 0.2) is 70.4 Å². The van der Waals surface area contributed by atoms with Crippen LogP contribution in [0.2, 0.25) is 5.02 Å². The standard InChI is InChI=1S/C26H26ClN3O4S/c1-16-4-10-20(11-5-16)30-22(31)15-35-25-21(14-28)24(18-6-8-19(27)9-7-18)23(17(2)29-25)26(32)34-13-12-33-3/h4-11,24,29H,12-13,15H2,1-3H3,(H,30,31)/t24-/m1/s1. The highest BCUT2D eigenvalue weighted by atomic mass is 35.5. The van der Waals surface area contributed by atoms with E-state index in [4.69, 9.17) is 21.1 Å². The predicted octanol–water partition coefficient (Wildman–Crippen LogP) is 4.91. The Hall–Kier alpha value is -3.25. The normalized spacial score (nSPS) is 15.3. The van der Waals surface area contributed by atoms with Crippen LogP contribution in [0.5, 0.6) is 0 Å². The first-order valence-electron chi connectivity index (χ1n) is 10.9. The first-order chi connectivity index (χ1) is 16.8. The molecule has 0 aromatic heterocycles. The van der Waals surface area contributed by atoms with Gasteiger partial charge in [-0.3, -0.25) is 4.79 Å². The number of anilines is 1. The Bertz CT molecular complexity index is 1180. The predicted molar refractivity (Wildman–Crippen MR) is 138 cm³/mol. The van der Waals surface area contributed by atoms with Crippen molar-refractivity contribution in [3.63, 3.8) is 0 Å². The number of hydrogen-bond donors (Lipinski definition) is 2. The first-order valence-corrected chi connectivity index (χ1v) is 12.2. The van der Waals surface area contributed by atoms with E-state index in [0.717, 1.165) is 5.56 Å². The molecule has 0 radical (unpaired) electrons. The molecule has 2 N–H and O–H groups in total. The summed E-state index contributed by atoms with van der Waals surface area (Å²) in [6.07, 6.45) is 0. The van der Waals surface area contributed by atoms with Crippen molar-refractivity contribution in [3.05, 3.63) is 86.6 Å². The summed E-state index contributed by atoms with van der Waals surface area (Å²) in [5, 5.41) is 17.1. The Kier molecular flexibility index (Phi) is 9.38. The molecule has 0 bridgehead atoms. The fourth-order valence-corrected chi connectivity index (χ4v) is 4.57. The van der Waals surface area contributed by atoms with Crippen LogP contribution in [0.3, 0.4) is 0 Å². The Labute approximate surface area is 214 Å². The van der Waals surface area contributed by atoms with Gasteiger partial charge in [0.15, 0.2) is 0 Å². The number of methoxy groups -OCH3 is 1. The van der Waals surface area contributed by atoms with Crippen molar-refractivity contribution in [1.29, 1.82) is 5.26 Å². The molecule has 1 amide bonds. The zero-order valence-electron chi connectivity index (χ0n) is 19.7. The summed E-state index contributed by atoms with van der Waals surface area (Å²) in [6, 6.07) is 16.7. The van der Waals surface area contributed by atoms with Crippen molar-refractivity contribution in [2.75, 3.05) is 31.4 Å². The van der Waals surface area contributed by atoms with Crippen molar-refractivity contribution in [2.45, 2.75) is 19.8 Å². The van der Waals surface area contributed by atoms with Gasteiger partial charge in [-0.15, -0.1) is 0 Å². The summed E-state index contributed by atoms with van der Waals surface area (Å²) < 4.78 is 10.3. The van der Waals surface area contributed by atoms with Crippen molar-refractivity contribution in [2.24, 2.45) is 0 Å². The molecular formula is C26H26ClN3O4S. The van der Waals surface area contributed by atoms with Crippen molar-refractivity contribution in [3.8, 4) is 6.07 Å². The second-order valence-electron chi connectivity index (χ2n) is 7.83. The molecule has 9 heteroatoms. The molecule has 1 aliphatic heterocycles. The lowest BCUT2D eigenvalue weighted by Gasteiger charge is -2.29. The van der Waals surface area contributed by atoms with Gasteiger partial charge < -0.3 is 20.1 Å².